The van der Waals surface area contributed by atoms with Crippen LogP contribution in [0.2, 0.25) is 0 Å². The van der Waals surface area contributed by atoms with Crippen molar-refractivity contribution >= 4 is 11.4 Å². The Hall–Kier alpha value is -2.73. The summed E-state index contributed by atoms with van der Waals surface area (Å²) in [5.41, 5.74) is 2.53. The second-order valence-corrected chi connectivity index (χ2v) is 8.89. The van der Waals surface area contributed by atoms with Crippen LogP contribution in [0, 0.1) is 0 Å². The summed E-state index contributed by atoms with van der Waals surface area (Å²) in [6, 6.07) is 12.5. The molecule has 0 aromatic carbocycles. The van der Waals surface area contributed by atoms with Gasteiger partial charge in [0.1, 0.15) is 5.82 Å². The highest BCUT2D eigenvalue weighted by Crippen LogP contribution is 2.33. The van der Waals surface area contributed by atoms with E-state index in [4.69, 9.17) is 4.98 Å². The molecule has 1 aliphatic carbocycles. The second-order valence-electron chi connectivity index (χ2n) is 8.89. The van der Waals surface area contributed by atoms with Gasteiger partial charge in [0.25, 0.3) is 5.91 Å². The first kappa shape index (κ1) is 20.2. The fourth-order valence-corrected chi connectivity index (χ4v) is 5.15. The minimum atomic E-state index is -0.0314. The summed E-state index contributed by atoms with van der Waals surface area (Å²) in [7, 11) is 0. The van der Waals surface area contributed by atoms with Crippen molar-refractivity contribution in [2.24, 2.45) is 0 Å². The third kappa shape index (κ3) is 4.35. The molecule has 0 spiro atoms. The molecule has 1 amide bonds. The van der Waals surface area contributed by atoms with Gasteiger partial charge in [0.05, 0.1) is 17.3 Å². The molecule has 1 saturated carbocycles. The molecular formula is C25H31N5O. The number of carbonyl (C=O) groups excluding carboxylic acids is 1. The smallest absolute Gasteiger partial charge is 0.272 e. The molecule has 1 aliphatic heterocycles. The van der Waals surface area contributed by atoms with Gasteiger partial charge in [-0.1, -0.05) is 37.8 Å². The summed E-state index contributed by atoms with van der Waals surface area (Å²) in [5, 5.41) is 3.28. The number of amides is 1. The van der Waals surface area contributed by atoms with E-state index in [1.807, 2.05) is 42.7 Å². The molecule has 3 aromatic rings. The fraction of sp³-hybridized carbons (Fsp3) is 0.480. The van der Waals surface area contributed by atoms with Crippen molar-refractivity contribution in [3.8, 4) is 0 Å². The van der Waals surface area contributed by atoms with Gasteiger partial charge in [0, 0.05) is 25.0 Å². The normalized spacial score (nSPS) is 20.7. The van der Waals surface area contributed by atoms with Crippen molar-refractivity contribution < 1.29 is 4.79 Å². The van der Waals surface area contributed by atoms with Gasteiger partial charge in [-0.3, -0.25) is 14.7 Å². The molecule has 1 saturated heterocycles. The van der Waals surface area contributed by atoms with Crippen molar-refractivity contribution in [2.75, 3.05) is 6.54 Å². The topological polar surface area (TPSA) is 62.5 Å². The van der Waals surface area contributed by atoms with E-state index in [1.165, 1.54) is 25.7 Å². The number of imidazole rings is 1. The van der Waals surface area contributed by atoms with Gasteiger partial charge >= 0.3 is 0 Å². The van der Waals surface area contributed by atoms with Gasteiger partial charge in [0.15, 0.2) is 5.69 Å². The molecule has 2 fully saturated rings. The molecule has 6 heteroatoms. The summed E-state index contributed by atoms with van der Waals surface area (Å²) in [5.74, 6) is 0.936. The van der Waals surface area contributed by atoms with Crippen molar-refractivity contribution in [1.82, 2.24) is 24.6 Å². The number of nitrogens with zero attached hydrogens (tertiary/aromatic N) is 4. The third-order valence-corrected chi connectivity index (χ3v) is 6.73. The predicted molar refractivity (Wildman–Crippen MR) is 121 cm³/mol. The molecule has 0 radical (unpaired) electrons. The maximum Gasteiger partial charge on any atom is 0.272 e. The standard InChI is InChI=1S/C25H31N5O/c31-25(27-19-10-3-1-2-4-11-19)23-21-13-6-8-17-30(21)24(28-23)22-14-9-16-29(22)18-20-12-5-7-15-26-20/h5-8,12-13,15,17,19,22H,1-4,9-11,14,16,18H2,(H,27,31)/t22-/m0/s1. The van der Waals surface area contributed by atoms with Crippen molar-refractivity contribution in [3.05, 3.63) is 66.0 Å². The summed E-state index contributed by atoms with van der Waals surface area (Å²) in [4.78, 5) is 25.1. The maximum absolute atomic E-state index is 13.2. The predicted octanol–water partition coefficient (Wildman–Crippen LogP) is 4.52. The number of likely N-dealkylation sites (tertiary alicyclic amines) is 1. The first-order valence-corrected chi connectivity index (χ1v) is 11.7. The summed E-state index contributed by atoms with van der Waals surface area (Å²) in [6.45, 7) is 1.82. The molecule has 0 unspecified atom stereocenters. The average molecular weight is 418 g/mol. The number of hydrogen-bond acceptors (Lipinski definition) is 4. The van der Waals surface area contributed by atoms with E-state index in [0.29, 0.717) is 5.69 Å². The largest absolute Gasteiger partial charge is 0.348 e. The monoisotopic (exact) mass is 417 g/mol. The van der Waals surface area contributed by atoms with Crippen LogP contribution in [0.5, 0.6) is 0 Å². The van der Waals surface area contributed by atoms with Crippen LogP contribution < -0.4 is 5.32 Å². The van der Waals surface area contributed by atoms with Gasteiger partial charge < -0.3 is 9.72 Å². The molecule has 5 rings (SSSR count). The lowest BCUT2D eigenvalue weighted by Crippen LogP contribution is -2.34. The van der Waals surface area contributed by atoms with E-state index >= 15 is 0 Å². The van der Waals surface area contributed by atoms with Crippen molar-refractivity contribution in [3.63, 3.8) is 0 Å². The van der Waals surface area contributed by atoms with Crippen molar-refractivity contribution in [2.45, 2.75) is 70.0 Å². The van der Waals surface area contributed by atoms with Gasteiger partial charge in [-0.15, -0.1) is 0 Å². The number of fused-ring (bicyclic) bond motifs is 1. The Kier molecular flexibility index (Phi) is 5.98. The highest BCUT2D eigenvalue weighted by atomic mass is 16.2. The Morgan fingerprint density at radius 2 is 1.84 bits per heavy atom. The number of aromatic nitrogens is 3. The molecule has 4 heterocycles. The Morgan fingerprint density at radius 1 is 1.00 bits per heavy atom. The summed E-state index contributed by atoms with van der Waals surface area (Å²) < 4.78 is 2.11. The van der Waals surface area contributed by atoms with E-state index in [-0.39, 0.29) is 18.0 Å². The number of pyridine rings is 2. The number of carbonyl (C=O) groups is 1. The van der Waals surface area contributed by atoms with E-state index in [1.54, 1.807) is 0 Å². The summed E-state index contributed by atoms with van der Waals surface area (Å²) >= 11 is 0. The molecule has 6 nitrogen and oxygen atoms in total. The van der Waals surface area contributed by atoms with E-state index < -0.39 is 0 Å². The van der Waals surface area contributed by atoms with E-state index in [0.717, 1.165) is 55.8 Å². The molecule has 1 atom stereocenters. The highest BCUT2D eigenvalue weighted by molar-refractivity contribution is 5.99. The summed E-state index contributed by atoms with van der Waals surface area (Å²) in [6.07, 6.45) is 13.2. The lowest BCUT2D eigenvalue weighted by molar-refractivity contribution is 0.0930. The number of rotatable bonds is 5. The van der Waals surface area contributed by atoms with Crippen LogP contribution in [0.4, 0.5) is 0 Å². The van der Waals surface area contributed by atoms with Crippen LogP contribution in [-0.2, 0) is 6.54 Å². The molecule has 1 N–H and O–H groups in total. The van der Waals surface area contributed by atoms with Gasteiger partial charge in [-0.25, -0.2) is 4.98 Å². The quantitative estimate of drug-likeness (QED) is 0.620. The molecule has 31 heavy (non-hydrogen) atoms. The van der Waals surface area contributed by atoms with Crippen LogP contribution in [-0.4, -0.2) is 37.8 Å². The Balaban J connectivity index is 1.42. The molecule has 3 aromatic heterocycles. The first-order valence-electron chi connectivity index (χ1n) is 11.7. The van der Waals surface area contributed by atoms with Crippen LogP contribution >= 0.6 is 0 Å². The first-order chi connectivity index (χ1) is 15.3. The number of nitrogens with one attached hydrogen (secondary N) is 1. The zero-order chi connectivity index (χ0) is 21.0. The molecule has 2 aliphatic rings. The zero-order valence-corrected chi connectivity index (χ0v) is 18.0. The Bertz CT molecular complexity index is 1020. The minimum Gasteiger partial charge on any atom is -0.348 e. The van der Waals surface area contributed by atoms with E-state index in [9.17, 15) is 4.79 Å². The second kappa shape index (κ2) is 9.18. The lowest BCUT2D eigenvalue weighted by atomic mass is 10.1. The zero-order valence-electron chi connectivity index (χ0n) is 18.0. The Labute approximate surface area is 183 Å². The van der Waals surface area contributed by atoms with Gasteiger partial charge in [-0.05, 0) is 56.5 Å². The van der Waals surface area contributed by atoms with Crippen molar-refractivity contribution in [1.29, 1.82) is 0 Å². The average Bonchev–Trinajstić information content (AvgIpc) is 3.31. The third-order valence-electron chi connectivity index (χ3n) is 6.73. The minimum absolute atomic E-state index is 0.0314. The fourth-order valence-electron chi connectivity index (χ4n) is 5.15. The van der Waals surface area contributed by atoms with Crippen LogP contribution in [0.25, 0.3) is 5.52 Å². The van der Waals surface area contributed by atoms with Crippen LogP contribution in [0.3, 0.4) is 0 Å². The van der Waals surface area contributed by atoms with Crippen LogP contribution in [0.1, 0.15) is 79.4 Å². The van der Waals surface area contributed by atoms with E-state index in [2.05, 4.69) is 25.7 Å². The molecular weight excluding hydrogens is 386 g/mol. The van der Waals surface area contributed by atoms with Gasteiger partial charge in [0.2, 0.25) is 0 Å². The van der Waals surface area contributed by atoms with Gasteiger partial charge in [-0.2, -0.15) is 0 Å². The number of hydrogen-bond donors (Lipinski definition) is 1. The maximum atomic E-state index is 13.2. The molecule has 0 bridgehead atoms. The van der Waals surface area contributed by atoms with Crippen LogP contribution in [0.15, 0.2) is 48.8 Å². The highest BCUT2D eigenvalue weighted by Gasteiger charge is 2.31. The SMILES string of the molecule is O=C(NC1CCCCCC1)c1nc([C@@H]2CCCN2Cc2ccccn2)n2ccccc12. The lowest BCUT2D eigenvalue weighted by Gasteiger charge is -2.23. The molecule has 162 valence electrons. The Morgan fingerprint density at radius 3 is 2.65 bits per heavy atom.